The molecule has 4 fully saturated rings. The number of nitrogens with one attached hydrogen (secondary N) is 1. The van der Waals surface area contributed by atoms with Crippen molar-refractivity contribution in [3.8, 4) is 17.1 Å². The minimum absolute atomic E-state index is 0.0806. The Kier molecular flexibility index (Phi) is 8.94. The van der Waals surface area contributed by atoms with Gasteiger partial charge in [-0.1, -0.05) is 26.8 Å². The van der Waals surface area contributed by atoms with Crippen LogP contribution in [-0.2, 0) is 17.7 Å². The molecule has 3 heterocycles. The number of hydrogen-bond acceptors (Lipinski definition) is 6. The highest BCUT2D eigenvalue weighted by atomic mass is 19.1. The van der Waals surface area contributed by atoms with Gasteiger partial charge in [-0.3, -0.25) is 14.3 Å². The van der Waals surface area contributed by atoms with Gasteiger partial charge in [0.25, 0.3) is 5.56 Å². The normalized spacial score (nSPS) is 26.3. The molecule has 9 nitrogen and oxygen atoms in total. The Labute approximate surface area is 287 Å². The molecule has 0 unspecified atom stereocenters. The zero-order chi connectivity index (χ0) is 34.4. The van der Waals surface area contributed by atoms with Gasteiger partial charge in [0, 0.05) is 49.3 Å². The summed E-state index contributed by atoms with van der Waals surface area (Å²) in [5.74, 6) is 3.29. The van der Waals surface area contributed by atoms with E-state index in [4.69, 9.17) is 19.5 Å². The zero-order valence-electron chi connectivity index (χ0n) is 29.3. The van der Waals surface area contributed by atoms with Crippen molar-refractivity contribution in [3.63, 3.8) is 0 Å². The highest BCUT2D eigenvalue weighted by Crippen LogP contribution is 2.61. The molecule has 4 aliphatic rings. The lowest BCUT2D eigenvalue weighted by Gasteiger charge is -2.61. The van der Waals surface area contributed by atoms with Crippen LogP contribution in [0.5, 0.6) is 5.75 Å². The summed E-state index contributed by atoms with van der Waals surface area (Å²) in [5.41, 5.74) is 2.78. The highest BCUT2D eigenvalue weighted by molar-refractivity contribution is 5.96. The number of anilines is 1. The van der Waals surface area contributed by atoms with E-state index in [1.54, 1.807) is 29.1 Å². The molecule has 0 radical (unpaired) electrons. The van der Waals surface area contributed by atoms with Gasteiger partial charge in [0.05, 0.1) is 36.3 Å². The first-order chi connectivity index (χ1) is 23.5. The summed E-state index contributed by atoms with van der Waals surface area (Å²) in [6.45, 7) is 13.1. The van der Waals surface area contributed by atoms with E-state index in [-0.39, 0.29) is 36.2 Å². The van der Waals surface area contributed by atoms with Crippen LogP contribution >= 0.6 is 0 Å². The lowest BCUT2D eigenvalue weighted by Crippen LogP contribution is -2.57. The van der Waals surface area contributed by atoms with E-state index in [2.05, 4.69) is 49.8 Å². The standard InChI is InChI=1S/C39H47FN6O3/c1-23-21-45(22-24(2)49-23)38(44-34-17-28-16-32(25(34)3)39(28,4)5)42-29-10-12-31-35(18-29)43-36(27-8-7-14-41-20-27)46(37(31)47)15-13-26-9-11-30(48-6)19-33(26)40/h7-12,14,18-20,23-25,28,32,34H,13,15-17,21-22H2,1-6H3,(H,42,44)/t23-,24+,25-,28-,32-,34+/m1/s1. The molecule has 2 aromatic carbocycles. The zero-order valence-corrected chi connectivity index (χ0v) is 29.3. The molecule has 6 atom stereocenters. The molecule has 3 saturated carbocycles. The summed E-state index contributed by atoms with van der Waals surface area (Å²) < 4.78 is 27.7. The summed E-state index contributed by atoms with van der Waals surface area (Å²) >= 11 is 0. The molecule has 258 valence electrons. The fraction of sp³-hybridized carbons (Fsp3) is 0.487. The molecule has 4 aromatic rings. The topological polar surface area (TPSA) is 93.9 Å². The van der Waals surface area contributed by atoms with E-state index in [1.807, 2.05) is 30.3 Å². The molecule has 10 heteroatoms. The molecule has 0 amide bonds. The number of nitrogens with zero attached hydrogens (tertiary/aromatic N) is 5. The maximum Gasteiger partial charge on any atom is 0.261 e. The van der Waals surface area contributed by atoms with Crippen LogP contribution in [0.25, 0.3) is 22.3 Å². The molecule has 1 N–H and O–H groups in total. The van der Waals surface area contributed by atoms with Gasteiger partial charge in [0.2, 0.25) is 0 Å². The summed E-state index contributed by atoms with van der Waals surface area (Å²) in [5, 5.41) is 4.15. The summed E-state index contributed by atoms with van der Waals surface area (Å²) in [7, 11) is 1.51. The first-order valence-electron chi connectivity index (χ1n) is 17.5. The molecule has 8 rings (SSSR count). The Morgan fingerprint density at radius 3 is 2.57 bits per heavy atom. The van der Waals surface area contributed by atoms with Crippen LogP contribution in [0, 0.1) is 29.0 Å². The lowest BCUT2D eigenvalue weighted by atomic mass is 9.45. The largest absolute Gasteiger partial charge is 0.497 e. The summed E-state index contributed by atoms with van der Waals surface area (Å²) in [6, 6.07) is 14.4. The highest BCUT2D eigenvalue weighted by Gasteiger charge is 2.56. The van der Waals surface area contributed by atoms with Gasteiger partial charge in [0.1, 0.15) is 17.4 Å². The average molecular weight is 667 g/mol. The number of fused-ring (bicyclic) bond motifs is 3. The number of aryl methyl sites for hydroxylation is 1. The molecule has 0 spiro atoms. The second-order valence-corrected chi connectivity index (χ2v) is 14.8. The number of hydrogen-bond donors (Lipinski definition) is 1. The van der Waals surface area contributed by atoms with Crippen molar-refractivity contribution < 1.29 is 13.9 Å². The van der Waals surface area contributed by atoms with Gasteiger partial charge < -0.3 is 19.7 Å². The van der Waals surface area contributed by atoms with Gasteiger partial charge in [-0.2, -0.15) is 0 Å². The van der Waals surface area contributed by atoms with Crippen molar-refractivity contribution in [3.05, 3.63) is 82.7 Å². The number of guanidine groups is 1. The monoisotopic (exact) mass is 666 g/mol. The Morgan fingerprint density at radius 2 is 1.90 bits per heavy atom. The number of morpholine rings is 1. The third kappa shape index (κ3) is 6.43. The second kappa shape index (κ2) is 13.2. The first-order valence-corrected chi connectivity index (χ1v) is 17.5. The van der Waals surface area contributed by atoms with Crippen LogP contribution in [0.1, 0.15) is 53.0 Å². The summed E-state index contributed by atoms with van der Waals surface area (Å²) in [4.78, 5) is 31.2. The van der Waals surface area contributed by atoms with Crippen LogP contribution in [0.15, 0.2) is 70.7 Å². The predicted molar refractivity (Wildman–Crippen MR) is 191 cm³/mol. The van der Waals surface area contributed by atoms with E-state index in [0.717, 1.165) is 31.2 Å². The number of aliphatic imine (C=N–C) groups is 1. The molecule has 2 aromatic heterocycles. The number of ether oxygens (including phenoxy) is 2. The van der Waals surface area contributed by atoms with Crippen molar-refractivity contribution >= 4 is 22.5 Å². The SMILES string of the molecule is COc1ccc(CCn2c(-c3cccnc3)nc3cc(NC(=N[C@H]4C[C@H]5C[C@H]([C@H]4C)C5(C)C)N4C[C@@H](C)O[C@@H](C)C4)ccc3c2=O)c(F)c1. The Hall–Kier alpha value is -4.31. The van der Waals surface area contributed by atoms with Gasteiger partial charge in [-0.05, 0) is 98.2 Å². The number of aromatic nitrogens is 3. The van der Waals surface area contributed by atoms with E-state index in [1.165, 1.54) is 19.6 Å². The molecular formula is C39H47FN6O3. The molecule has 1 saturated heterocycles. The van der Waals surface area contributed by atoms with E-state index < -0.39 is 0 Å². The fourth-order valence-corrected chi connectivity index (χ4v) is 8.43. The predicted octanol–water partition coefficient (Wildman–Crippen LogP) is 6.80. The van der Waals surface area contributed by atoms with Gasteiger partial charge in [-0.25, -0.2) is 14.4 Å². The molecule has 49 heavy (non-hydrogen) atoms. The van der Waals surface area contributed by atoms with Crippen LogP contribution in [0.4, 0.5) is 10.1 Å². The van der Waals surface area contributed by atoms with Crippen molar-refractivity contribution in [2.24, 2.45) is 28.2 Å². The molecule has 3 aliphatic carbocycles. The minimum atomic E-state index is -0.371. The Morgan fingerprint density at radius 1 is 1.10 bits per heavy atom. The van der Waals surface area contributed by atoms with Crippen molar-refractivity contribution in [1.29, 1.82) is 0 Å². The smallest absolute Gasteiger partial charge is 0.261 e. The Bertz CT molecular complexity index is 1920. The number of rotatable bonds is 7. The number of benzene rings is 2. The lowest BCUT2D eigenvalue weighted by molar-refractivity contribution is -0.108. The fourth-order valence-electron chi connectivity index (χ4n) is 8.43. The minimum Gasteiger partial charge on any atom is -0.497 e. The summed E-state index contributed by atoms with van der Waals surface area (Å²) in [6.07, 6.45) is 6.26. The van der Waals surface area contributed by atoms with Gasteiger partial charge in [0.15, 0.2) is 5.96 Å². The number of pyridine rings is 1. The number of halogens is 1. The van der Waals surface area contributed by atoms with Crippen molar-refractivity contribution in [1.82, 2.24) is 19.4 Å². The number of methoxy groups -OCH3 is 1. The maximum atomic E-state index is 14.8. The third-order valence-corrected chi connectivity index (χ3v) is 11.3. The van der Waals surface area contributed by atoms with Crippen LogP contribution in [-0.4, -0.2) is 63.8 Å². The quantitative estimate of drug-likeness (QED) is 0.171. The molecule has 2 bridgehead atoms. The Balaban J connectivity index is 1.24. The first kappa shape index (κ1) is 33.2. The third-order valence-electron chi connectivity index (χ3n) is 11.3. The van der Waals surface area contributed by atoms with E-state index in [9.17, 15) is 9.18 Å². The van der Waals surface area contributed by atoms with Crippen LogP contribution < -0.4 is 15.6 Å². The maximum absolute atomic E-state index is 14.8. The molecular weight excluding hydrogens is 619 g/mol. The second-order valence-electron chi connectivity index (χ2n) is 14.8. The van der Waals surface area contributed by atoms with Crippen LogP contribution in [0.2, 0.25) is 0 Å². The van der Waals surface area contributed by atoms with Crippen LogP contribution in [0.3, 0.4) is 0 Å². The molecule has 1 aliphatic heterocycles. The van der Waals surface area contributed by atoms with Crippen molar-refractivity contribution in [2.75, 3.05) is 25.5 Å². The van der Waals surface area contributed by atoms with E-state index in [0.29, 0.717) is 63.2 Å². The van der Waals surface area contributed by atoms with E-state index >= 15 is 0 Å². The van der Waals surface area contributed by atoms with Crippen molar-refractivity contribution in [2.45, 2.75) is 78.7 Å². The van der Waals surface area contributed by atoms with Gasteiger partial charge >= 0.3 is 0 Å². The van der Waals surface area contributed by atoms with Gasteiger partial charge in [-0.15, -0.1) is 0 Å². The average Bonchev–Trinajstić information content (AvgIpc) is 3.08.